The molecule has 0 saturated heterocycles. The number of hydrogen-bond donors (Lipinski definition) is 1. The molecular formula is C26H30N2O6S. The SMILES string of the molecule is COc1ccc(OC)c(N(CC(=O)N[C@@H](C)c2ccccc2OC)S(=O)(=O)c2ccc(C)cc2)c1. The van der Waals surface area contributed by atoms with E-state index in [-0.39, 0.29) is 16.3 Å². The van der Waals surface area contributed by atoms with Gasteiger partial charge in [0, 0.05) is 11.6 Å². The number of rotatable bonds is 10. The molecule has 0 spiro atoms. The van der Waals surface area contributed by atoms with Gasteiger partial charge in [-0.3, -0.25) is 9.10 Å². The average Bonchev–Trinajstić information content (AvgIpc) is 2.86. The fourth-order valence-electron chi connectivity index (χ4n) is 3.65. The van der Waals surface area contributed by atoms with Crippen LogP contribution in [0.4, 0.5) is 5.69 Å². The highest BCUT2D eigenvalue weighted by Gasteiger charge is 2.30. The summed E-state index contributed by atoms with van der Waals surface area (Å²) in [4.78, 5) is 13.2. The number of hydrogen-bond acceptors (Lipinski definition) is 6. The first-order valence-corrected chi connectivity index (χ1v) is 12.4. The maximum atomic E-state index is 13.7. The van der Waals surface area contributed by atoms with Gasteiger partial charge in [-0.05, 0) is 44.2 Å². The largest absolute Gasteiger partial charge is 0.497 e. The molecule has 0 saturated carbocycles. The number of carbonyl (C=O) groups is 1. The van der Waals surface area contributed by atoms with Crippen molar-refractivity contribution in [1.82, 2.24) is 5.32 Å². The lowest BCUT2D eigenvalue weighted by molar-refractivity contribution is -0.120. The lowest BCUT2D eigenvalue weighted by Gasteiger charge is -2.27. The maximum Gasteiger partial charge on any atom is 0.264 e. The Morgan fingerprint density at radius 2 is 1.57 bits per heavy atom. The molecule has 8 nitrogen and oxygen atoms in total. The van der Waals surface area contributed by atoms with Crippen molar-refractivity contribution >= 4 is 21.6 Å². The summed E-state index contributed by atoms with van der Waals surface area (Å²) in [7, 11) is 0.344. The van der Waals surface area contributed by atoms with Gasteiger partial charge in [0.15, 0.2) is 0 Å². The number of anilines is 1. The lowest BCUT2D eigenvalue weighted by Crippen LogP contribution is -2.41. The molecule has 0 aromatic heterocycles. The van der Waals surface area contributed by atoms with Crippen molar-refractivity contribution in [2.24, 2.45) is 0 Å². The number of nitrogens with one attached hydrogen (secondary N) is 1. The minimum atomic E-state index is -4.12. The van der Waals surface area contributed by atoms with Crippen LogP contribution in [0.1, 0.15) is 24.1 Å². The van der Waals surface area contributed by atoms with Gasteiger partial charge in [-0.15, -0.1) is 0 Å². The van der Waals surface area contributed by atoms with E-state index in [1.54, 1.807) is 44.4 Å². The van der Waals surface area contributed by atoms with Crippen LogP contribution in [-0.4, -0.2) is 42.2 Å². The second-order valence-electron chi connectivity index (χ2n) is 7.89. The van der Waals surface area contributed by atoms with Crippen molar-refractivity contribution in [2.75, 3.05) is 32.2 Å². The molecule has 0 aliphatic heterocycles. The molecule has 3 aromatic carbocycles. The molecule has 0 unspecified atom stereocenters. The molecule has 186 valence electrons. The Morgan fingerprint density at radius 1 is 0.914 bits per heavy atom. The quantitative estimate of drug-likeness (QED) is 0.452. The molecule has 0 aliphatic carbocycles. The van der Waals surface area contributed by atoms with E-state index in [1.165, 1.54) is 32.4 Å². The Kier molecular flexibility index (Phi) is 8.24. The summed E-state index contributed by atoms with van der Waals surface area (Å²) in [5.74, 6) is 0.836. The summed E-state index contributed by atoms with van der Waals surface area (Å²) in [5, 5.41) is 2.87. The van der Waals surface area contributed by atoms with Crippen molar-refractivity contribution in [1.29, 1.82) is 0 Å². The highest BCUT2D eigenvalue weighted by atomic mass is 32.2. The molecule has 0 fully saturated rings. The average molecular weight is 499 g/mol. The number of methoxy groups -OCH3 is 3. The Bertz CT molecular complexity index is 1280. The molecule has 0 radical (unpaired) electrons. The third kappa shape index (κ3) is 5.86. The van der Waals surface area contributed by atoms with Gasteiger partial charge in [0.25, 0.3) is 10.0 Å². The summed E-state index contributed by atoms with van der Waals surface area (Å²) in [5.41, 5.74) is 1.88. The van der Waals surface area contributed by atoms with Crippen LogP contribution >= 0.6 is 0 Å². The molecular weight excluding hydrogens is 468 g/mol. The Hall–Kier alpha value is -3.72. The maximum absolute atomic E-state index is 13.7. The van der Waals surface area contributed by atoms with Crippen molar-refractivity contribution in [3.05, 3.63) is 77.9 Å². The highest BCUT2D eigenvalue weighted by Crippen LogP contribution is 2.36. The Morgan fingerprint density at radius 3 is 2.20 bits per heavy atom. The Balaban J connectivity index is 2.00. The summed E-state index contributed by atoms with van der Waals surface area (Å²) in [6.07, 6.45) is 0. The monoisotopic (exact) mass is 498 g/mol. The van der Waals surface area contributed by atoms with Crippen molar-refractivity contribution in [2.45, 2.75) is 24.8 Å². The third-order valence-corrected chi connectivity index (χ3v) is 7.31. The van der Waals surface area contributed by atoms with E-state index in [9.17, 15) is 13.2 Å². The van der Waals surface area contributed by atoms with Gasteiger partial charge in [0.1, 0.15) is 23.8 Å². The smallest absolute Gasteiger partial charge is 0.264 e. The molecule has 0 bridgehead atoms. The summed E-state index contributed by atoms with van der Waals surface area (Å²) in [6.45, 7) is 3.20. The fourth-order valence-corrected chi connectivity index (χ4v) is 5.07. The van der Waals surface area contributed by atoms with Crippen LogP contribution in [0.15, 0.2) is 71.6 Å². The van der Waals surface area contributed by atoms with Crippen LogP contribution in [0.2, 0.25) is 0 Å². The molecule has 3 aromatic rings. The molecule has 0 heterocycles. The standard InChI is InChI=1S/C26H30N2O6S/c1-18-10-13-21(14-11-18)35(30,31)28(23-16-20(32-3)12-15-25(23)34-5)17-26(29)27-19(2)22-8-6-7-9-24(22)33-4/h6-16,19H,17H2,1-5H3,(H,27,29)/t19-/m0/s1. The Labute approximate surface area is 206 Å². The summed E-state index contributed by atoms with van der Waals surface area (Å²) < 4.78 is 44.6. The molecule has 1 atom stereocenters. The number of ether oxygens (including phenoxy) is 3. The predicted molar refractivity (Wildman–Crippen MR) is 135 cm³/mol. The number of para-hydroxylation sites is 1. The minimum Gasteiger partial charge on any atom is -0.497 e. The van der Waals surface area contributed by atoms with Crippen LogP contribution in [-0.2, 0) is 14.8 Å². The zero-order valence-electron chi connectivity index (χ0n) is 20.4. The number of benzene rings is 3. The van der Waals surface area contributed by atoms with E-state index in [2.05, 4.69) is 5.32 Å². The van der Waals surface area contributed by atoms with Crippen molar-refractivity contribution in [3.8, 4) is 17.2 Å². The normalized spacial score (nSPS) is 11.9. The predicted octanol–water partition coefficient (Wildman–Crippen LogP) is 4.09. The first kappa shape index (κ1) is 25.9. The highest BCUT2D eigenvalue weighted by molar-refractivity contribution is 7.92. The second-order valence-corrected chi connectivity index (χ2v) is 9.76. The van der Waals surface area contributed by atoms with Gasteiger partial charge < -0.3 is 19.5 Å². The van der Waals surface area contributed by atoms with Gasteiger partial charge in [0.2, 0.25) is 5.91 Å². The lowest BCUT2D eigenvalue weighted by atomic mass is 10.1. The molecule has 35 heavy (non-hydrogen) atoms. The van der Waals surface area contributed by atoms with Gasteiger partial charge in [0.05, 0.1) is 38.0 Å². The molecule has 0 aliphatic rings. The van der Waals surface area contributed by atoms with E-state index in [0.717, 1.165) is 15.4 Å². The fraction of sp³-hybridized carbons (Fsp3) is 0.269. The molecule has 1 amide bonds. The number of sulfonamides is 1. The van der Waals surface area contributed by atoms with Crippen LogP contribution in [0, 0.1) is 6.92 Å². The van der Waals surface area contributed by atoms with Gasteiger partial charge >= 0.3 is 0 Å². The first-order chi connectivity index (χ1) is 16.7. The summed E-state index contributed by atoms with van der Waals surface area (Å²) in [6, 6.07) is 18.1. The van der Waals surface area contributed by atoms with Gasteiger partial charge in [-0.2, -0.15) is 0 Å². The summed E-state index contributed by atoms with van der Waals surface area (Å²) >= 11 is 0. The van der Waals surface area contributed by atoms with Gasteiger partial charge in [-0.1, -0.05) is 35.9 Å². The number of amides is 1. The zero-order valence-corrected chi connectivity index (χ0v) is 21.3. The number of carbonyl (C=O) groups excluding carboxylic acids is 1. The van der Waals surface area contributed by atoms with E-state index in [4.69, 9.17) is 14.2 Å². The van der Waals surface area contributed by atoms with E-state index in [0.29, 0.717) is 11.5 Å². The van der Waals surface area contributed by atoms with Crippen LogP contribution in [0.3, 0.4) is 0 Å². The van der Waals surface area contributed by atoms with Crippen molar-refractivity contribution < 1.29 is 27.4 Å². The van der Waals surface area contributed by atoms with Crippen LogP contribution in [0.5, 0.6) is 17.2 Å². The zero-order chi connectivity index (χ0) is 25.6. The first-order valence-electron chi connectivity index (χ1n) is 10.9. The number of aryl methyl sites for hydroxylation is 1. The van der Waals surface area contributed by atoms with E-state index < -0.39 is 28.5 Å². The third-order valence-electron chi connectivity index (χ3n) is 5.53. The van der Waals surface area contributed by atoms with Crippen molar-refractivity contribution in [3.63, 3.8) is 0 Å². The second kappa shape index (κ2) is 11.1. The minimum absolute atomic E-state index is 0.0542. The molecule has 1 N–H and O–H groups in total. The van der Waals surface area contributed by atoms with E-state index in [1.807, 2.05) is 25.1 Å². The van der Waals surface area contributed by atoms with Crippen LogP contribution < -0.4 is 23.8 Å². The van der Waals surface area contributed by atoms with Gasteiger partial charge in [-0.25, -0.2) is 8.42 Å². The van der Waals surface area contributed by atoms with E-state index >= 15 is 0 Å². The molecule has 9 heteroatoms. The number of nitrogens with zero attached hydrogens (tertiary/aromatic N) is 1. The topological polar surface area (TPSA) is 94.2 Å². The van der Waals surface area contributed by atoms with Crippen LogP contribution in [0.25, 0.3) is 0 Å². The molecule has 3 rings (SSSR count).